The Morgan fingerprint density at radius 1 is 1.19 bits per heavy atom. The van der Waals surface area contributed by atoms with Crippen molar-refractivity contribution in [3.05, 3.63) is 62.8 Å². The zero-order chi connectivity index (χ0) is 18.3. The highest BCUT2D eigenvalue weighted by Crippen LogP contribution is 2.24. The Bertz CT molecular complexity index is 905. The first-order chi connectivity index (χ1) is 12.5. The van der Waals surface area contributed by atoms with E-state index in [1.54, 1.807) is 6.92 Å². The van der Waals surface area contributed by atoms with Crippen LogP contribution in [0.2, 0.25) is 0 Å². The third kappa shape index (κ3) is 3.05. The first-order valence-corrected chi connectivity index (χ1v) is 9.17. The Kier molecular flexibility index (Phi) is 4.36. The molecular formula is C20H24N4O2. The summed E-state index contributed by atoms with van der Waals surface area (Å²) >= 11 is 0. The number of nitrogens with zero attached hydrogens (tertiary/aromatic N) is 3. The molecule has 3 heterocycles. The van der Waals surface area contributed by atoms with Gasteiger partial charge in [0.2, 0.25) is 5.91 Å². The summed E-state index contributed by atoms with van der Waals surface area (Å²) in [5.41, 5.74) is 4.06. The minimum atomic E-state index is -0.140. The second-order valence-corrected chi connectivity index (χ2v) is 7.31. The van der Waals surface area contributed by atoms with Crippen LogP contribution in [0.4, 0.5) is 0 Å². The van der Waals surface area contributed by atoms with E-state index in [1.807, 2.05) is 24.1 Å². The Morgan fingerprint density at radius 2 is 1.92 bits per heavy atom. The molecule has 0 saturated carbocycles. The lowest BCUT2D eigenvalue weighted by molar-refractivity contribution is -0.137. The molecule has 2 aliphatic rings. The van der Waals surface area contributed by atoms with Crippen molar-refractivity contribution in [2.24, 2.45) is 0 Å². The van der Waals surface area contributed by atoms with Gasteiger partial charge in [0, 0.05) is 31.6 Å². The highest BCUT2D eigenvalue weighted by Gasteiger charge is 2.33. The monoisotopic (exact) mass is 352 g/mol. The van der Waals surface area contributed by atoms with E-state index in [-0.39, 0.29) is 17.5 Å². The van der Waals surface area contributed by atoms with Gasteiger partial charge in [-0.15, -0.1) is 0 Å². The lowest BCUT2D eigenvalue weighted by Gasteiger charge is -2.36. The quantitative estimate of drug-likeness (QED) is 0.833. The molecule has 0 spiro atoms. The summed E-state index contributed by atoms with van der Waals surface area (Å²) in [5.74, 6) is 0.792. The Hall–Kier alpha value is -2.47. The van der Waals surface area contributed by atoms with Crippen molar-refractivity contribution in [3.63, 3.8) is 0 Å². The molecule has 2 aliphatic heterocycles. The minimum Gasteiger partial charge on any atom is -0.341 e. The van der Waals surface area contributed by atoms with Crippen molar-refractivity contribution in [2.45, 2.75) is 38.8 Å². The van der Waals surface area contributed by atoms with E-state index in [0.29, 0.717) is 31.8 Å². The topological polar surface area (TPSA) is 69.3 Å². The predicted octanol–water partition coefficient (Wildman–Crippen LogP) is 1.06. The summed E-state index contributed by atoms with van der Waals surface area (Å²) in [6.07, 6.45) is 1.95. The van der Waals surface area contributed by atoms with Gasteiger partial charge < -0.3 is 9.88 Å². The molecule has 0 bridgehead atoms. The fourth-order valence-electron chi connectivity index (χ4n) is 4.09. The normalized spacial score (nSPS) is 20.2. The number of aryl methyl sites for hydroxylation is 1. The van der Waals surface area contributed by atoms with Gasteiger partial charge in [-0.1, -0.05) is 24.3 Å². The van der Waals surface area contributed by atoms with Gasteiger partial charge in [0.05, 0.1) is 11.7 Å². The maximum atomic E-state index is 13.2. The maximum Gasteiger partial charge on any atom is 0.254 e. The molecule has 6 nitrogen and oxygen atoms in total. The molecule has 0 fully saturated rings. The number of aromatic nitrogens is 2. The number of amides is 1. The standard InChI is InChI=1S/C20H24N4O2/c1-13-21-17-8-10-24(9-7-16(17)19(25)22-13)20(26)18-11-14-5-3-4-6-15(14)12-23(18)2/h3-6,18H,7-12H2,1-2H3,(H,21,22,25). The van der Waals surface area contributed by atoms with Gasteiger partial charge in [-0.05, 0) is 37.9 Å². The van der Waals surface area contributed by atoms with E-state index in [9.17, 15) is 9.59 Å². The van der Waals surface area contributed by atoms with Crippen LogP contribution in [0.15, 0.2) is 29.1 Å². The molecule has 0 radical (unpaired) electrons. The van der Waals surface area contributed by atoms with Crippen molar-refractivity contribution < 1.29 is 4.79 Å². The van der Waals surface area contributed by atoms with Crippen molar-refractivity contribution >= 4 is 5.91 Å². The fraction of sp³-hybridized carbons (Fsp3) is 0.450. The molecule has 136 valence electrons. The lowest BCUT2D eigenvalue weighted by atomic mass is 9.93. The predicted molar refractivity (Wildman–Crippen MR) is 99.0 cm³/mol. The number of benzene rings is 1. The van der Waals surface area contributed by atoms with E-state index >= 15 is 0 Å². The van der Waals surface area contributed by atoms with Gasteiger partial charge in [-0.2, -0.15) is 0 Å². The molecule has 1 unspecified atom stereocenters. The van der Waals surface area contributed by atoms with Crippen molar-refractivity contribution in [2.75, 3.05) is 20.1 Å². The van der Waals surface area contributed by atoms with E-state index < -0.39 is 0 Å². The number of hydrogen-bond acceptors (Lipinski definition) is 4. The Balaban J connectivity index is 1.53. The van der Waals surface area contributed by atoms with Crippen molar-refractivity contribution in [1.82, 2.24) is 19.8 Å². The molecule has 6 heteroatoms. The zero-order valence-corrected chi connectivity index (χ0v) is 15.3. The molecule has 1 atom stereocenters. The largest absolute Gasteiger partial charge is 0.341 e. The minimum absolute atomic E-state index is 0.0643. The van der Waals surface area contributed by atoms with Crippen LogP contribution in [-0.2, 0) is 30.6 Å². The number of likely N-dealkylation sites (N-methyl/N-ethyl adjacent to an activating group) is 1. The summed E-state index contributed by atoms with van der Waals surface area (Å²) in [5, 5.41) is 0. The van der Waals surface area contributed by atoms with Crippen LogP contribution in [0, 0.1) is 6.92 Å². The van der Waals surface area contributed by atoms with Crippen LogP contribution in [0.5, 0.6) is 0 Å². The molecule has 1 amide bonds. The molecule has 1 aromatic carbocycles. The summed E-state index contributed by atoms with van der Waals surface area (Å²) in [4.78, 5) is 36.7. The number of H-pyrrole nitrogens is 1. The number of aromatic amines is 1. The molecule has 1 aromatic heterocycles. The zero-order valence-electron chi connectivity index (χ0n) is 15.3. The second kappa shape index (κ2) is 6.68. The average molecular weight is 352 g/mol. The van der Waals surface area contributed by atoms with Gasteiger partial charge in [-0.25, -0.2) is 4.98 Å². The third-order valence-electron chi connectivity index (χ3n) is 5.55. The van der Waals surface area contributed by atoms with Gasteiger partial charge in [0.25, 0.3) is 5.56 Å². The van der Waals surface area contributed by atoms with E-state index in [2.05, 4.69) is 27.0 Å². The van der Waals surface area contributed by atoms with Crippen LogP contribution in [-0.4, -0.2) is 51.9 Å². The third-order valence-corrected chi connectivity index (χ3v) is 5.55. The number of rotatable bonds is 1. The second-order valence-electron chi connectivity index (χ2n) is 7.31. The summed E-state index contributed by atoms with van der Waals surface area (Å²) in [7, 11) is 2.01. The average Bonchev–Trinajstić information content (AvgIpc) is 2.83. The SMILES string of the molecule is Cc1nc2c(c(=O)[nH]1)CCN(C(=O)C1Cc3ccccc3CN1C)CC2. The smallest absolute Gasteiger partial charge is 0.254 e. The van der Waals surface area contributed by atoms with Crippen LogP contribution in [0.25, 0.3) is 0 Å². The van der Waals surface area contributed by atoms with Crippen LogP contribution < -0.4 is 5.56 Å². The summed E-state index contributed by atoms with van der Waals surface area (Å²) in [6.45, 7) is 3.78. The number of carbonyl (C=O) groups excluding carboxylic acids is 1. The number of fused-ring (bicyclic) bond motifs is 2. The van der Waals surface area contributed by atoms with Gasteiger partial charge >= 0.3 is 0 Å². The Morgan fingerprint density at radius 3 is 2.73 bits per heavy atom. The lowest BCUT2D eigenvalue weighted by Crippen LogP contribution is -2.50. The van der Waals surface area contributed by atoms with E-state index in [0.717, 1.165) is 24.2 Å². The highest BCUT2D eigenvalue weighted by molar-refractivity contribution is 5.82. The number of hydrogen-bond donors (Lipinski definition) is 1. The van der Waals surface area contributed by atoms with Crippen LogP contribution in [0.3, 0.4) is 0 Å². The van der Waals surface area contributed by atoms with Gasteiger partial charge in [0.15, 0.2) is 0 Å². The molecule has 1 N–H and O–H groups in total. The van der Waals surface area contributed by atoms with E-state index in [4.69, 9.17) is 0 Å². The maximum absolute atomic E-state index is 13.2. The first-order valence-electron chi connectivity index (χ1n) is 9.17. The Labute approximate surface area is 152 Å². The van der Waals surface area contributed by atoms with Crippen LogP contribution >= 0.6 is 0 Å². The molecule has 26 heavy (non-hydrogen) atoms. The summed E-state index contributed by atoms with van der Waals surface area (Å²) in [6, 6.07) is 8.20. The van der Waals surface area contributed by atoms with Crippen molar-refractivity contribution in [1.29, 1.82) is 0 Å². The fourth-order valence-corrected chi connectivity index (χ4v) is 4.09. The molecule has 0 aliphatic carbocycles. The first kappa shape index (κ1) is 17.0. The van der Waals surface area contributed by atoms with Crippen molar-refractivity contribution in [3.8, 4) is 0 Å². The van der Waals surface area contributed by atoms with Gasteiger partial charge in [0.1, 0.15) is 5.82 Å². The highest BCUT2D eigenvalue weighted by atomic mass is 16.2. The van der Waals surface area contributed by atoms with Crippen LogP contribution in [0.1, 0.15) is 28.2 Å². The molecule has 2 aromatic rings. The summed E-state index contributed by atoms with van der Waals surface area (Å²) < 4.78 is 0. The number of nitrogens with one attached hydrogen (secondary N) is 1. The van der Waals surface area contributed by atoms with Gasteiger partial charge in [-0.3, -0.25) is 14.5 Å². The molecule has 0 saturated heterocycles. The molecule has 4 rings (SSSR count). The number of carbonyl (C=O) groups is 1. The molecular weight excluding hydrogens is 328 g/mol. The van der Waals surface area contributed by atoms with E-state index in [1.165, 1.54) is 11.1 Å².